The molecule has 0 bridgehead atoms. The van der Waals surface area contributed by atoms with E-state index in [-0.39, 0.29) is 22.5 Å². The topological polar surface area (TPSA) is 76.4 Å². The molecule has 1 atom stereocenters. The van der Waals surface area contributed by atoms with Crippen molar-refractivity contribution < 1.29 is 35.8 Å². The van der Waals surface area contributed by atoms with Crippen LogP contribution in [-0.2, 0) is 12.6 Å². The van der Waals surface area contributed by atoms with Gasteiger partial charge in [0.15, 0.2) is 23.3 Å². The molecular weight excluding hydrogens is 397 g/mol. The number of rotatable bonds is 3. The molecule has 0 radical (unpaired) electrons. The van der Waals surface area contributed by atoms with Gasteiger partial charge in [-0.1, -0.05) is 6.07 Å². The maximum atomic E-state index is 14.3. The molecule has 0 saturated heterocycles. The molecule has 3 rings (SSSR count). The molecule has 0 aliphatic rings. The lowest BCUT2D eigenvalue weighted by molar-refractivity contribution is -0.203. The van der Waals surface area contributed by atoms with Gasteiger partial charge in [-0.05, 0) is 17.7 Å². The molecule has 3 N–H and O–H groups in total. The molecule has 0 aliphatic carbocycles. The summed E-state index contributed by atoms with van der Waals surface area (Å²) in [6, 6.07) is 2.88. The fourth-order valence-electron chi connectivity index (χ4n) is 2.58. The minimum absolute atomic E-state index is 0.0748. The van der Waals surface area contributed by atoms with Crippen LogP contribution in [0.25, 0.3) is 16.9 Å². The molecule has 0 spiro atoms. The van der Waals surface area contributed by atoms with Crippen molar-refractivity contribution in [3.05, 3.63) is 47.7 Å². The Hall–Kier alpha value is -2.89. The molecule has 2 aromatic heterocycles. The van der Waals surface area contributed by atoms with Crippen LogP contribution in [0.1, 0.15) is 11.3 Å². The van der Waals surface area contributed by atoms with Crippen LogP contribution < -0.4 is 5.73 Å². The summed E-state index contributed by atoms with van der Waals surface area (Å²) in [4.78, 5) is 7.00. The largest absolute Gasteiger partial charge is 0.434 e. The summed E-state index contributed by atoms with van der Waals surface area (Å²) >= 11 is 0. The third kappa shape index (κ3) is 3.72. The number of aromatic nitrogens is 3. The first-order valence-corrected chi connectivity index (χ1v) is 7.62. The number of benzene rings is 1. The van der Waals surface area contributed by atoms with Crippen molar-refractivity contribution in [2.45, 2.75) is 24.9 Å². The fraction of sp³-hybridized carbons (Fsp3) is 0.250. The van der Waals surface area contributed by atoms with Gasteiger partial charge in [0.1, 0.15) is 5.82 Å². The van der Waals surface area contributed by atoms with Gasteiger partial charge in [0.2, 0.25) is 0 Å². The van der Waals surface area contributed by atoms with Crippen molar-refractivity contribution in [2.24, 2.45) is 0 Å². The summed E-state index contributed by atoms with van der Waals surface area (Å²) in [5.41, 5.74) is 3.40. The number of aliphatic hydroxyl groups is 1. The minimum atomic E-state index is -4.88. The second kappa shape index (κ2) is 6.62. The number of aliphatic hydroxyl groups excluding tert-OH is 1. The van der Waals surface area contributed by atoms with E-state index in [9.17, 15) is 35.8 Å². The Morgan fingerprint density at radius 1 is 1.14 bits per heavy atom. The van der Waals surface area contributed by atoms with Crippen molar-refractivity contribution in [3.63, 3.8) is 0 Å². The normalized spacial score (nSPS) is 13.9. The molecule has 2 heterocycles. The van der Waals surface area contributed by atoms with Crippen LogP contribution in [0.2, 0.25) is 0 Å². The molecule has 0 fully saturated rings. The second-order valence-corrected chi connectivity index (χ2v) is 5.92. The maximum Gasteiger partial charge on any atom is 0.434 e. The average molecular weight is 408 g/mol. The summed E-state index contributed by atoms with van der Waals surface area (Å²) in [5, 5.41) is 9.18. The molecule has 0 aliphatic heterocycles. The second-order valence-electron chi connectivity index (χ2n) is 5.92. The molecule has 28 heavy (non-hydrogen) atoms. The fourth-order valence-corrected chi connectivity index (χ4v) is 2.58. The van der Waals surface area contributed by atoms with Crippen LogP contribution in [0.4, 0.5) is 36.6 Å². The number of halogens is 7. The molecule has 0 saturated carbocycles. The molecular formula is C16H11F7N4O. The number of hydrogen-bond donors (Lipinski definition) is 2. The number of nitrogens with zero attached hydrogens (tertiary/aromatic N) is 3. The van der Waals surface area contributed by atoms with Crippen LogP contribution in [0.5, 0.6) is 0 Å². The molecule has 12 heteroatoms. The van der Waals surface area contributed by atoms with E-state index in [0.717, 1.165) is 28.8 Å². The van der Waals surface area contributed by atoms with Gasteiger partial charge in [-0.15, -0.1) is 0 Å². The Labute approximate surface area is 152 Å². The van der Waals surface area contributed by atoms with Crippen LogP contribution in [0.15, 0.2) is 30.6 Å². The van der Waals surface area contributed by atoms with Gasteiger partial charge in [0, 0.05) is 18.2 Å². The highest BCUT2D eigenvalue weighted by atomic mass is 19.4. The van der Waals surface area contributed by atoms with Gasteiger partial charge < -0.3 is 10.8 Å². The quantitative estimate of drug-likeness (QED) is 0.650. The van der Waals surface area contributed by atoms with E-state index in [0.29, 0.717) is 6.20 Å². The van der Waals surface area contributed by atoms with Crippen molar-refractivity contribution in [1.82, 2.24) is 14.4 Å². The Morgan fingerprint density at radius 3 is 2.43 bits per heavy atom. The standard InChI is InChI=1S/C16H11F7N4O/c17-9-2-1-7(4-12(28)16(21,22)23)3-8(9)10-5-25-14-13(24)26-11(6-27(10)14)15(18,19)20/h1-3,5-6,12,28H,4H2,(H2,24,26). The smallest absolute Gasteiger partial charge is 0.383 e. The molecule has 1 aromatic carbocycles. The van der Waals surface area contributed by atoms with Crippen LogP contribution >= 0.6 is 0 Å². The highest BCUT2D eigenvalue weighted by molar-refractivity contribution is 5.70. The zero-order chi connectivity index (χ0) is 20.9. The Bertz CT molecular complexity index is 1030. The zero-order valence-electron chi connectivity index (χ0n) is 13.7. The number of nitrogens with two attached hydrogens (primary N) is 1. The van der Waals surface area contributed by atoms with Crippen molar-refractivity contribution in [2.75, 3.05) is 5.73 Å². The van der Waals surface area contributed by atoms with Crippen molar-refractivity contribution >= 4 is 11.5 Å². The minimum Gasteiger partial charge on any atom is -0.383 e. The lowest BCUT2D eigenvalue weighted by Gasteiger charge is -2.15. The van der Waals surface area contributed by atoms with Crippen LogP contribution in [-0.4, -0.2) is 31.8 Å². The average Bonchev–Trinajstić information content (AvgIpc) is 2.99. The van der Waals surface area contributed by atoms with E-state index in [1.54, 1.807) is 0 Å². The predicted molar refractivity (Wildman–Crippen MR) is 83.6 cm³/mol. The van der Waals surface area contributed by atoms with Gasteiger partial charge >= 0.3 is 12.4 Å². The number of imidazole rings is 1. The van der Waals surface area contributed by atoms with Crippen LogP contribution in [0.3, 0.4) is 0 Å². The number of anilines is 1. The van der Waals surface area contributed by atoms with Gasteiger partial charge in [-0.2, -0.15) is 26.3 Å². The molecule has 5 nitrogen and oxygen atoms in total. The summed E-state index contributed by atoms with van der Waals surface area (Å²) < 4.78 is 91.6. The van der Waals surface area contributed by atoms with Gasteiger partial charge in [0.25, 0.3) is 0 Å². The van der Waals surface area contributed by atoms with Crippen molar-refractivity contribution in [3.8, 4) is 11.3 Å². The Balaban J connectivity index is 2.12. The van der Waals surface area contributed by atoms with Crippen molar-refractivity contribution in [1.29, 1.82) is 0 Å². The monoisotopic (exact) mass is 408 g/mol. The third-order valence-corrected chi connectivity index (χ3v) is 3.92. The first-order chi connectivity index (χ1) is 12.9. The first kappa shape index (κ1) is 19.9. The first-order valence-electron chi connectivity index (χ1n) is 7.62. The van der Waals surface area contributed by atoms with E-state index >= 15 is 0 Å². The summed E-state index contributed by atoms with van der Waals surface area (Å²) in [6.07, 6.45) is -11.7. The van der Waals surface area contributed by atoms with E-state index in [1.165, 1.54) is 0 Å². The van der Waals surface area contributed by atoms with Gasteiger partial charge in [0.05, 0.1) is 11.9 Å². The lowest BCUT2D eigenvalue weighted by atomic mass is 10.0. The molecule has 0 amide bonds. The summed E-state index contributed by atoms with van der Waals surface area (Å²) in [6.45, 7) is 0. The van der Waals surface area contributed by atoms with E-state index in [2.05, 4.69) is 9.97 Å². The van der Waals surface area contributed by atoms with E-state index in [4.69, 9.17) is 5.73 Å². The third-order valence-electron chi connectivity index (χ3n) is 3.92. The highest BCUT2D eigenvalue weighted by Gasteiger charge is 2.38. The molecule has 150 valence electrons. The number of alkyl halides is 6. The zero-order valence-corrected chi connectivity index (χ0v) is 13.7. The van der Waals surface area contributed by atoms with Gasteiger partial charge in [-0.25, -0.2) is 14.4 Å². The number of nitrogen functional groups attached to an aromatic ring is 1. The lowest BCUT2D eigenvalue weighted by Crippen LogP contribution is -2.30. The summed E-state index contributed by atoms with van der Waals surface area (Å²) in [5.74, 6) is -1.46. The number of hydrogen-bond acceptors (Lipinski definition) is 4. The van der Waals surface area contributed by atoms with Crippen LogP contribution in [0, 0.1) is 5.82 Å². The molecule has 1 unspecified atom stereocenters. The van der Waals surface area contributed by atoms with E-state index < -0.39 is 42.2 Å². The van der Waals surface area contributed by atoms with Gasteiger partial charge in [-0.3, -0.25) is 4.40 Å². The van der Waals surface area contributed by atoms with E-state index in [1.807, 2.05) is 0 Å². The summed E-state index contributed by atoms with van der Waals surface area (Å²) in [7, 11) is 0. The SMILES string of the molecule is Nc1nc(C(F)(F)F)cn2c(-c3cc(CC(O)C(F)(F)F)ccc3F)cnc12. The predicted octanol–water partition coefficient (Wildman–Crippen LogP) is 3.60. The molecule has 3 aromatic rings. The maximum absolute atomic E-state index is 14.3. The Morgan fingerprint density at radius 2 is 1.82 bits per heavy atom. The number of fused-ring (bicyclic) bond motifs is 1. The Kier molecular flexibility index (Phi) is 4.69. The highest BCUT2D eigenvalue weighted by Crippen LogP contribution is 2.32.